The molecule has 128 valence electrons. The Kier molecular flexibility index (Phi) is 5.24. The number of benzene rings is 1. The maximum absolute atomic E-state index is 9.54. The number of nitrogen functional groups attached to an aromatic ring is 1. The molecule has 1 aromatic rings. The molecule has 0 amide bonds. The highest BCUT2D eigenvalue weighted by molar-refractivity contribution is 5.46. The van der Waals surface area contributed by atoms with Crippen LogP contribution >= 0.6 is 0 Å². The van der Waals surface area contributed by atoms with E-state index in [1.807, 2.05) is 6.92 Å². The predicted molar refractivity (Wildman–Crippen MR) is 95.4 cm³/mol. The van der Waals surface area contributed by atoms with Crippen molar-refractivity contribution in [3.05, 3.63) is 29.3 Å². The van der Waals surface area contributed by atoms with Crippen LogP contribution in [0, 0.1) is 0 Å². The molecule has 0 radical (unpaired) electrons. The Morgan fingerprint density at radius 3 is 2.52 bits per heavy atom. The summed E-state index contributed by atoms with van der Waals surface area (Å²) >= 11 is 0. The van der Waals surface area contributed by atoms with Crippen LogP contribution in [0.25, 0.3) is 0 Å². The molecule has 3 rings (SSSR count). The monoisotopic (exact) mass is 317 g/mol. The minimum absolute atomic E-state index is 0.244. The first kappa shape index (κ1) is 16.7. The number of aliphatic hydroxyl groups is 1. The minimum atomic E-state index is -0.244. The van der Waals surface area contributed by atoms with Crippen LogP contribution < -0.4 is 5.73 Å². The van der Waals surface area contributed by atoms with E-state index in [4.69, 9.17) is 5.73 Å². The molecule has 0 spiro atoms. The van der Waals surface area contributed by atoms with Gasteiger partial charge in [0, 0.05) is 24.8 Å². The van der Waals surface area contributed by atoms with E-state index in [2.05, 4.69) is 35.0 Å². The summed E-state index contributed by atoms with van der Waals surface area (Å²) in [6, 6.07) is 7.25. The number of hydrogen-bond acceptors (Lipinski definition) is 4. The summed E-state index contributed by atoms with van der Waals surface area (Å²) in [5, 5.41) is 9.54. The molecule has 1 aromatic carbocycles. The highest BCUT2D eigenvalue weighted by Gasteiger charge is 2.25. The molecule has 4 nitrogen and oxygen atoms in total. The molecule has 23 heavy (non-hydrogen) atoms. The molecule has 2 aliphatic rings. The molecule has 1 saturated heterocycles. The lowest BCUT2D eigenvalue weighted by Crippen LogP contribution is -2.44. The van der Waals surface area contributed by atoms with E-state index in [1.54, 1.807) is 0 Å². The second kappa shape index (κ2) is 7.20. The van der Waals surface area contributed by atoms with Crippen molar-refractivity contribution in [2.24, 2.45) is 0 Å². The largest absolute Gasteiger partial charge is 0.399 e. The van der Waals surface area contributed by atoms with Gasteiger partial charge in [-0.1, -0.05) is 6.07 Å². The second-order valence-corrected chi connectivity index (χ2v) is 7.58. The Bertz CT molecular complexity index is 519. The molecular formula is C19H31N3O. The zero-order chi connectivity index (χ0) is 16.4. The van der Waals surface area contributed by atoms with Gasteiger partial charge in [0.1, 0.15) is 0 Å². The van der Waals surface area contributed by atoms with E-state index in [0.717, 1.165) is 37.8 Å². The molecule has 2 fully saturated rings. The Hall–Kier alpha value is -1.10. The average molecular weight is 317 g/mol. The number of rotatable bonds is 6. The number of likely N-dealkylation sites (tertiary alicyclic amines) is 1. The van der Waals surface area contributed by atoms with Gasteiger partial charge in [0.2, 0.25) is 0 Å². The SMILES string of the molecule is CC(O)CN(C)C1CCN(Cc2cc(N)cc(C3CC3)c2)CC1. The van der Waals surface area contributed by atoms with Crippen LogP contribution in [0.15, 0.2) is 18.2 Å². The fraction of sp³-hybridized carbons (Fsp3) is 0.684. The van der Waals surface area contributed by atoms with Crippen molar-refractivity contribution in [1.82, 2.24) is 9.80 Å². The highest BCUT2D eigenvalue weighted by Crippen LogP contribution is 2.41. The van der Waals surface area contributed by atoms with E-state index in [0.29, 0.717) is 6.04 Å². The van der Waals surface area contributed by atoms with Crippen molar-refractivity contribution in [2.45, 2.75) is 57.2 Å². The van der Waals surface area contributed by atoms with E-state index in [9.17, 15) is 5.11 Å². The smallest absolute Gasteiger partial charge is 0.0639 e. The zero-order valence-corrected chi connectivity index (χ0v) is 14.5. The molecule has 1 heterocycles. The number of hydrogen-bond donors (Lipinski definition) is 2. The summed E-state index contributed by atoms with van der Waals surface area (Å²) in [6.45, 7) is 5.90. The summed E-state index contributed by atoms with van der Waals surface area (Å²) in [5.74, 6) is 0.761. The first-order chi connectivity index (χ1) is 11.0. The quantitative estimate of drug-likeness (QED) is 0.791. The fourth-order valence-corrected chi connectivity index (χ4v) is 3.83. The van der Waals surface area contributed by atoms with E-state index < -0.39 is 0 Å². The van der Waals surface area contributed by atoms with Crippen LogP contribution in [-0.4, -0.2) is 53.7 Å². The third-order valence-electron chi connectivity index (χ3n) is 5.23. The number of nitrogens with zero attached hydrogens (tertiary/aromatic N) is 2. The molecule has 1 atom stereocenters. The van der Waals surface area contributed by atoms with Crippen LogP contribution in [0.4, 0.5) is 5.69 Å². The number of aliphatic hydroxyl groups excluding tert-OH is 1. The van der Waals surface area contributed by atoms with Crippen molar-refractivity contribution in [2.75, 3.05) is 32.4 Å². The number of piperidine rings is 1. The average Bonchev–Trinajstić information content (AvgIpc) is 3.31. The van der Waals surface area contributed by atoms with Crippen molar-refractivity contribution >= 4 is 5.69 Å². The van der Waals surface area contributed by atoms with Crippen LogP contribution in [0.2, 0.25) is 0 Å². The third-order valence-corrected chi connectivity index (χ3v) is 5.23. The number of likely N-dealkylation sites (N-methyl/N-ethyl adjacent to an activating group) is 1. The minimum Gasteiger partial charge on any atom is -0.399 e. The molecule has 4 heteroatoms. The van der Waals surface area contributed by atoms with Crippen molar-refractivity contribution in [1.29, 1.82) is 0 Å². The Morgan fingerprint density at radius 2 is 1.91 bits per heavy atom. The Morgan fingerprint density at radius 1 is 1.22 bits per heavy atom. The lowest BCUT2D eigenvalue weighted by molar-refractivity contribution is 0.0796. The van der Waals surface area contributed by atoms with Crippen LogP contribution in [0.1, 0.15) is 49.7 Å². The lowest BCUT2D eigenvalue weighted by Gasteiger charge is -2.37. The molecule has 1 aliphatic heterocycles. The standard InChI is InChI=1S/C19H31N3O/c1-14(23)12-21(2)19-5-7-22(8-6-19)13-15-9-17(16-3-4-16)11-18(20)10-15/h9-11,14,16,19,23H,3-8,12-13,20H2,1-2H3. The van der Waals surface area contributed by atoms with Gasteiger partial charge in [0.25, 0.3) is 0 Å². The topological polar surface area (TPSA) is 52.7 Å². The zero-order valence-electron chi connectivity index (χ0n) is 14.5. The summed E-state index contributed by atoms with van der Waals surface area (Å²) < 4.78 is 0. The van der Waals surface area contributed by atoms with Gasteiger partial charge < -0.3 is 15.7 Å². The van der Waals surface area contributed by atoms with Gasteiger partial charge in [-0.3, -0.25) is 4.90 Å². The van der Waals surface area contributed by atoms with Gasteiger partial charge in [-0.25, -0.2) is 0 Å². The molecule has 1 saturated carbocycles. The van der Waals surface area contributed by atoms with Gasteiger partial charge in [-0.05, 0) is 81.9 Å². The summed E-state index contributed by atoms with van der Waals surface area (Å²) in [6.07, 6.45) is 4.77. The summed E-state index contributed by atoms with van der Waals surface area (Å²) in [4.78, 5) is 4.85. The van der Waals surface area contributed by atoms with Crippen LogP contribution in [0.5, 0.6) is 0 Å². The van der Waals surface area contributed by atoms with Crippen molar-refractivity contribution in [3.8, 4) is 0 Å². The molecular weight excluding hydrogens is 286 g/mol. The van der Waals surface area contributed by atoms with Gasteiger partial charge in [-0.2, -0.15) is 0 Å². The Balaban J connectivity index is 1.52. The number of anilines is 1. The number of nitrogens with two attached hydrogens (primary N) is 1. The van der Waals surface area contributed by atoms with Gasteiger partial charge >= 0.3 is 0 Å². The maximum atomic E-state index is 9.54. The third kappa shape index (κ3) is 4.69. The fourth-order valence-electron chi connectivity index (χ4n) is 3.83. The molecule has 0 aromatic heterocycles. The van der Waals surface area contributed by atoms with Gasteiger partial charge in [-0.15, -0.1) is 0 Å². The molecule has 1 aliphatic carbocycles. The second-order valence-electron chi connectivity index (χ2n) is 7.58. The highest BCUT2D eigenvalue weighted by atomic mass is 16.3. The molecule has 0 bridgehead atoms. The van der Waals surface area contributed by atoms with E-state index in [-0.39, 0.29) is 6.10 Å². The molecule has 3 N–H and O–H groups in total. The van der Waals surface area contributed by atoms with Crippen LogP contribution in [0.3, 0.4) is 0 Å². The first-order valence-corrected chi connectivity index (χ1v) is 9.01. The first-order valence-electron chi connectivity index (χ1n) is 9.01. The summed E-state index contributed by atoms with van der Waals surface area (Å²) in [7, 11) is 2.13. The normalized spacial score (nSPS) is 21.7. The van der Waals surface area contributed by atoms with Gasteiger partial charge in [0.15, 0.2) is 0 Å². The van der Waals surface area contributed by atoms with E-state index in [1.165, 1.54) is 36.8 Å². The van der Waals surface area contributed by atoms with Crippen molar-refractivity contribution in [3.63, 3.8) is 0 Å². The van der Waals surface area contributed by atoms with E-state index >= 15 is 0 Å². The van der Waals surface area contributed by atoms with Crippen molar-refractivity contribution < 1.29 is 5.11 Å². The lowest BCUT2D eigenvalue weighted by atomic mass is 10.0. The maximum Gasteiger partial charge on any atom is 0.0639 e. The Labute approximate surface area is 140 Å². The molecule has 1 unspecified atom stereocenters. The predicted octanol–water partition coefficient (Wildman–Crippen LogP) is 2.42. The van der Waals surface area contributed by atoms with Crippen LogP contribution in [-0.2, 0) is 6.54 Å². The van der Waals surface area contributed by atoms with Gasteiger partial charge in [0.05, 0.1) is 6.10 Å². The summed E-state index contributed by atoms with van der Waals surface area (Å²) in [5.41, 5.74) is 9.80.